The number of hydrogen-bond donors (Lipinski definition) is 1. The molecule has 0 atom stereocenters. The molecule has 1 aliphatic rings. The first-order valence-corrected chi connectivity index (χ1v) is 12.4. The van der Waals surface area contributed by atoms with Gasteiger partial charge in [0.1, 0.15) is 6.54 Å². The third-order valence-corrected chi connectivity index (χ3v) is 6.56. The number of fused-ring (bicyclic) bond motifs is 1. The molecule has 1 fully saturated rings. The van der Waals surface area contributed by atoms with E-state index in [-0.39, 0.29) is 12.5 Å². The Bertz CT molecular complexity index is 1270. The van der Waals surface area contributed by atoms with Gasteiger partial charge in [-0.25, -0.2) is 8.42 Å². The van der Waals surface area contributed by atoms with Gasteiger partial charge in [0.15, 0.2) is 0 Å². The van der Waals surface area contributed by atoms with E-state index in [1.54, 1.807) is 23.1 Å². The number of carbonyl (C=O) groups is 2. The van der Waals surface area contributed by atoms with E-state index in [1.165, 1.54) is 12.1 Å². The first-order valence-electron chi connectivity index (χ1n) is 10.5. The van der Waals surface area contributed by atoms with Gasteiger partial charge in [-0.05, 0) is 47.2 Å². The zero-order chi connectivity index (χ0) is 23.4. The van der Waals surface area contributed by atoms with E-state index in [0.717, 1.165) is 21.3 Å². The highest BCUT2D eigenvalue weighted by atomic mass is 32.2. The Kier molecular flexibility index (Phi) is 6.62. The summed E-state index contributed by atoms with van der Waals surface area (Å²) in [4.78, 5) is 27.0. The molecule has 1 saturated heterocycles. The van der Waals surface area contributed by atoms with Crippen molar-refractivity contribution in [2.45, 2.75) is 0 Å². The number of benzene rings is 3. The zero-order valence-corrected chi connectivity index (χ0v) is 19.0. The average Bonchev–Trinajstić information content (AvgIpc) is 2.82. The summed E-state index contributed by atoms with van der Waals surface area (Å²) in [5.74, 6) is -0.603. The maximum Gasteiger partial charge on any atom is 0.254 e. The molecule has 0 aromatic heterocycles. The van der Waals surface area contributed by atoms with Gasteiger partial charge in [0.25, 0.3) is 5.91 Å². The quantitative estimate of drug-likeness (QED) is 0.601. The van der Waals surface area contributed by atoms with Crippen molar-refractivity contribution in [1.82, 2.24) is 4.90 Å². The van der Waals surface area contributed by atoms with Crippen LogP contribution in [-0.2, 0) is 19.6 Å². The van der Waals surface area contributed by atoms with Crippen LogP contribution in [0.4, 0.5) is 11.4 Å². The van der Waals surface area contributed by atoms with E-state index in [1.807, 2.05) is 36.4 Å². The molecule has 1 N–H and O–H groups in total. The van der Waals surface area contributed by atoms with E-state index in [2.05, 4.69) is 5.32 Å². The molecule has 2 amide bonds. The van der Waals surface area contributed by atoms with Gasteiger partial charge in [-0.15, -0.1) is 0 Å². The number of amides is 2. The predicted octanol–water partition coefficient (Wildman–Crippen LogP) is 2.72. The lowest BCUT2D eigenvalue weighted by Gasteiger charge is -2.27. The number of nitrogens with one attached hydrogen (secondary N) is 1. The molecule has 33 heavy (non-hydrogen) atoms. The van der Waals surface area contributed by atoms with Gasteiger partial charge in [-0.3, -0.25) is 13.9 Å². The highest BCUT2D eigenvalue weighted by Crippen LogP contribution is 2.21. The third kappa shape index (κ3) is 5.50. The van der Waals surface area contributed by atoms with Crippen LogP contribution in [0.2, 0.25) is 0 Å². The average molecular weight is 468 g/mol. The highest BCUT2D eigenvalue weighted by Gasteiger charge is 2.23. The standard InChI is InChI=1S/C24H25N3O5S/c1-33(30,31)27(17-23(28)25-21-9-6-18-4-2-3-5-20(18)16-21)22-10-7-19(8-11-22)24(29)26-12-14-32-15-13-26/h2-11,16H,12-15,17H2,1H3,(H,25,28). The summed E-state index contributed by atoms with van der Waals surface area (Å²) in [5.41, 5.74) is 1.35. The molecule has 0 radical (unpaired) electrons. The van der Waals surface area contributed by atoms with Gasteiger partial charge in [-0.2, -0.15) is 0 Å². The minimum Gasteiger partial charge on any atom is -0.378 e. The predicted molar refractivity (Wildman–Crippen MR) is 128 cm³/mol. The zero-order valence-electron chi connectivity index (χ0n) is 18.2. The number of sulfonamides is 1. The minimum atomic E-state index is -3.73. The Morgan fingerprint density at radius 2 is 1.64 bits per heavy atom. The van der Waals surface area contributed by atoms with E-state index in [9.17, 15) is 18.0 Å². The number of hydrogen-bond acceptors (Lipinski definition) is 5. The normalized spacial score (nSPS) is 14.2. The first-order chi connectivity index (χ1) is 15.8. The lowest BCUT2D eigenvalue weighted by atomic mass is 10.1. The molecule has 0 saturated carbocycles. The fraction of sp³-hybridized carbons (Fsp3) is 0.250. The second-order valence-corrected chi connectivity index (χ2v) is 9.74. The van der Waals surface area contributed by atoms with E-state index in [0.29, 0.717) is 43.2 Å². The molecule has 8 nitrogen and oxygen atoms in total. The number of rotatable bonds is 6. The van der Waals surface area contributed by atoms with Crippen LogP contribution in [0.3, 0.4) is 0 Å². The van der Waals surface area contributed by atoms with Crippen LogP contribution in [0.1, 0.15) is 10.4 Å². The van der Waals surface area contributed by atoms with Gasteiger partial charge in [0.05, 0.1) is 25.2 Å². The van der Waals surface area contributed by atoms with Crippen LogP contribution in [0.25, 0.3) is 10.8 Å². The Morgan fingerprint density at radius 1 is 0.970 bits per heavy atom. The Balaban J connectivity index is 1.48. The minimum absolute atomic E-state index is 0.134. The smallest absolute Gasteiger partial charge is 0.254 e. The first kappa shape index (κ1) is 22.8. The second kappa shape index (κ2) is 9.60. The summed E-state index contributed by atoms with van der Waals surface area (Å²) in [6.07, 6.45) is 1.04. The maximum atomic E-state index is 12.7. The molecule has 0 unspecified atom stereocenters. The van der Waals surface area contributed by atoms with Crippen LogP contribution in [0.5, 0.6) is 0 Å². The highest BCUT2D eigenvalue weighted by molar-refractivity contribution is 7.92. The Morgan fingerprint density at radius 3 is 2.30 bits per heavy atom. The second-order valence-electron chi connectivity index (χ2n) is 7.83. The van der Waals surface area contributed by atoms with Crippen molar-refractivity contribution in [3.8, 4) is 0 Å². The fourth-order valence-electron chi connectivity index (χ4n) is 3.72. The fourth-order valence-corrected chi connectivity index (χ4v) is 4.57. The van der Waals surface area contributed by atoms with Gasteiger partial charge >= 0.3 is 0 Å². The van der Waals surface area contributed by atoms with Crippen LogP contribution >= 0.6 is 0 Å². The molecular formula is C24H25N3O5S. The maximum absolute atomic E-state index is 12.7. The lowest BCUT2D eigenvalue weighted by molar-refractivity contribution is -0.114. The van der Waals surface area contributed by atoms with Gasteiger partial charge < -0.3 is 15.0 Å². The number of anilines is 2. The summed E-state index contributed by atoms with van der Waals surface area (Å²) in [7, 11) is -3.73. The van der Waals surface area contributed by atoms with Gasteiger partial charge in [0, 0.05) is 24.3 Å². The molecule has 0 bridgehead atoms. The molecule has 0 aliphatic carbocycles. The van der Waals surface area contributed by atoms with Crippen LogP contribution < -0.4 is 9.62 Å². The van der Waals surface area contributed by atoms with Crippen LogP contribution in [0, 0.1) is 0 Å². The van der Waals surface area contributed by atoms with E-state index >= 15 is 0 Å². The van der Waals surface area contributed by atoms with E-state index in [4.69, 9.17) is 4.74 Å². The Labute approximate surface area is 192 Å². The summed E-state index contributed by atoms with van der Waals surface area (Å²) in [6.45, 7) is 1.65. The summed E-state index contributed by atoms with van der Waals surface area (Å²) in [6, 6.07) is 19.5. The van der Waals surface area contributed by atoms with Crippen LogP contribution in [0.15, 0.2) is 66.7 Å². The number of morpholine rings is 1. The van der Waals surface area contributed by atoms with Gasteiger partial charge in [0.2, 0.25) is 15.9 Å². The molecule has 1 heterocycles. The van der Waals surface area contributed by atoms with Crippen LogP contribution in [-0.4, -0.2) is 64.2 Å². The number of ether oxygens (including phenoxy) is 1. The van der Waals surface area contributed by atoms with Crippen molar-refractivity contribution in [2.24, 2.45) is 0 Å². The lowest BCUT2D eigenvalue weighted by Crippen LogP contribution is -2.40. The molecule has 3 aromatic rings. The molecule has 1 aliphatic heterocycles. The Hall–Kier alpha value is -3.43. The van der Waals surface area contributed by atoms with Crippen molar-refractivity contribution in [3.63, 3.8) is 0 Å². The monoisotopic (exact) mass is 467 g/mol. The van der Waals surface area contributed by atoms with E-state index < -0.39 is 15.9 Å². The van der Waals surface area contributed by atoms with Crippen molar-refractivity contribution in [3.05, 3.63) is 72.3 Å². The molecule has 3 aromatic carbocycles. The molecule has 9 heteroatoms. The van der Waals surface area contributed by atoms with Gasteiger partial charge in [-0.1, -0.05) is 30.3 Å². The topological polar surface area (TPSA) is 96.0 Å². The molecular weight excluding hydrogens is 442 g/mol. The summed E-state index contributed by atoms with van der Waals surface area (Å²) in [5, 5.41) is 4.77. The molecule has 0 spiro atoms. The van der Waals surface area contributed by atoms with Crippen molar-refractivity contribution < 1.29 is 22.7 Å². The van der Waals surface area contributed by atoms with Crippen molar-refractivity contribution >= 4 is 44.0 Å². The third-order valence-electron chi connectivity index (χ3n) is 5.42. The molecule has 4 rings (SSSR count). The SMILES string of the molecule is CS(=O)(=O)N(CC(=O)Nc1ccc2ccccc2c1)c1ccc(C(=O)N2CCOCC2)cc1. The summed E-state index contributed by atoms with van der Waals surface area (Å²) < 4.78 is 31.1. The summed E-state index contributed by atoms with van der Waals surface area (Å²) >= 11 is 0. The number of nitrogens with zero attached hydrogens (tertiary/aromatic N) is 2. The molecule has 172 valence electrons. The number of carbonyl (C=O) groups excluding carboxylic acids is 2. The van der Waals surface area contributed by atoms with Crippen molar-refractivity contribution in [1.29, 1.82) is 0 Å². The largest absolute Gasteiger partial charge is 0.378 e. The van der Waals surface area contributed by atoms with Crippen molar-refractivity contribution in [2.75, 3.05) is 48.7 Å².